The molecule has 0 amide bonds. The van der Waals surface area contributed by atoms with E-state index in [4.69, 9.17) is 0 Å². The largest absolute Gasteiger partial charge is 0.324 e. The van der Waals surface area contributed by atoms with Crippen LogP contribution >= 0.6 is 22.6 Å². The molecular formula is C18H15IN4. The van der Waals surface area contributed by atoms with Crippen LogP contribution in [-0.2, 0) is 0 Å². The standard InChI is InChI=1S/C18H15IN4/c1-12-2-4-14(5-3-12)17-10-16(13-6-8-15(19)9-7-13)22-18-20-11-21-23(17)18/h2-11,17H,1H3,(H,20,21,22). The molecule has 3 aromatic rings. The first kappa shape index (κ1) is 14.4. The Kier molecular flexibility index (Phi) is 3.65. The quantitative estimate of drug-likeness (QED) is 0.638. The maximum Gasteiger partial charge on any atom is 0.226 e. The van der Waals surface area contributed by atoms with Gasteiger partial charge in [-0.25, -0.2) is 4.68 Å². The molecule has 23 heavy (non-hydrogen) atoms. The molecule has 114 valence electrons. The Labute approximate surface area is 148 Å². The van der Waals surface area contributed by atoms with Gasteiger partial charge in [-0.2, -0.15) is 10.1 Å². The predicted octanol–water partition coefficient (Wildman–Crippen LogP) is 4.25. The fourth-order valence-corrected chi connectivity index (χ4v) is 3.09. The number of aryl methyl sites for hydroxylation is 1. The Hall–Kier alpha value is -2.15. The second-order valence-corrected chi connectivity index (χ2v) is 6.84. The topological polar surface area (TPSA) is 42.7 Å². The van der Waals surface area contributed by atoms with Crippen LogP contribution in [0.2, 0.25) is 0 Å². The number of nitrogens with zero attached hydrogens (tertiary/aromatic N) is 3. The zero-order valence-corrected chi connectivity index (χ0v) is 14.7. The minimum Gasteiger partial charge on any atom is -0.324 e. The van der Waals surface area contributed by atoms with Crippen LogP contribution in [0.4, 0.5) is 5.95 Å². The molecule has 0 spiro atoms. The number of hydrogen-bond donors (Lipinski definition) is 1. The van der Waals surface area contributed by atoms with Gasteiger partial charge in [0.2, 0.25) is 5.95 Å². The lowest BCUT2D eigenvalue weighted by atomic mass is 10.0. The fourth-order valence-electron chi connectivity index (χ4n) is 2.73. The van der Waals surface area contributed by atoms with Crippen molar-refractivity contribution in [1.82, 2.24) is 14.8 Å². The molecule has 2 aromatic carbocycles. The molecule has 0 radical (unpaired) electrons. The van der Waals surface area contributed by atoms with Crippen LogP contribution in [-0.4, -0.2) is 14.8 Å². The number of allylic oxidation sites excluding steroid dienone is 1. The van der Waals surface area contributed by atoms with E-state index in [1.165, 1.54) is 14.7 Å². The summed E-state index contributed by atoms with van der Waals surface area (Å²) < 4.78 is 3.14. The van der Waals surface area contributed by atoms with Crippen LogP contribution in [0.1, 0.15) is 22.7 Å². The van der Waals surface area contributed by atoms with Crippen LogP contribution in [0.25, 0.3) is 5.70 Å². The molecule has 0 bridgehead atoms. The number of halogens is 1. The number of benzene rings is 2. The van der Waals surface area contributed by atoms with Crippen LogP contribution in [0.5, 0.6) is 0 Å². The summed E-state index contributed by atoms with van der Waals surface area (Å²) in [6.45, 7) is 2.10. The van der Waals surface area contributed by atoms with E-state index in [-0.39, 0.29) is 6.04 Å². The highest BCUT2D eigenvalue weighted by Crippen LogP contribution is 2.32. The van der Waals surface area contributed by atoms with Gasteiger partial charge in [-0.15, -0.1) is 0 Å². The summed E-state index contributed by atoms with van der Waals surface area (Å²) in [5, 5.41) is 7.75. The van der Waals surface area contributed by atoms with Crippen molar-refractivity contribution in [2.75, 3.05) is 5.32 Å². The summed E-state index contributed by atoms with van der Waals surface area (Å²) >= 11 is 2.32. The van der Waals surface area contributed by atoms with E-state index in [9.17, 15) is 0 Å². The zero-order valence-electron chi connectivity index (χ0n) is 12.6. The lowest BCUT2D eigenvalue weighted by Crippen LogP contribution is -2.20. The third kappa shape index (κ3) is 2.76. The van der Waals surface area contributed by atoms with E-state index >= 15 is 0 Å². The van der Waals surface area contributed by atoms with Crippen LogP contribution in [0, 0.1) is 10.5 Å². The number of hydrogen-bond acceptors (Lipinski definition) is 3. The Morgan fingerprint density at radius 1 is 1.04 bits per heavy atom. The lowest BCUT2D eigenvalue weighted by Gasteiger charge is -2.24. The van der Waals surface area contributed by atoms with Crippen molar-refractivity contribution in [3.05, 3.63) is 81.2 Å². The van der Waals surface area contributed by atoms with Gasteiger partial charge in [-0.3, -0.25) is 0 Å². The van der Waals surface area contributed by atoms with E-state index in [2.05, 4.69) is 99.5 Å². The normalized spacial score (nSPS) is 16.4. The fraction of sp³-hybridized carbons (Fsp3) is 0.111. The van der Waals surface area contributed by atoms with Gasteiger partial charge in [0, 0.05) is 9.27 Å². The highest BCUT2D eigenvalue weighted by atomic mass is 127. The van der Waals surface area contributed by atoms with Gasteiger partial charge in [0.1, 0.15) is 12.4 Å². The third-order valence-electron chi connectivity index (χ3n) is 3.98. The highest BCUT2D eigenvalue weighted by molar-refractivity contribution is 14.1. The van der Waals surface area contributed by atoms with E-state index in [0.29, 0.717) is 0 Å². The number of anilines is 1. The first-order valence-electron chi connectivity index (χ1n) is 7.41. The monoisotopic (exact) mass is 414 g/mol. The maximum absolute atomic E-state index is 4.38. The van der Waals surface area contributed by atoms with Gasteiger partial charge in [-0.1, -0.05) is 42.0 Å². The molecule has 1 unspecified atom stereocenters. The summed E-state index contributed by atoms with van der Waals surface area (Å²) in [5.74, 6) is 0.770. The summed E-state index contributed by atoms with van der Waals surface area (Å²) in [5.41, 5.74) is 4.67. The van der Waals surface area contributed by atoms with Gasteiger partial charge < -0.3 is 5.32 Å². The van der Waals surface area contributed by atoms with Crippen LogP contribution in [0.3, 0.4) is 0 Å². The molecule has 1 aliphatic heterocycles. The Morgan fingerprint density at radius 2 is 1.78 bits per heavy atom. The van der Waals surface area contributed by atoms with Crippen LogP contribution < -0.4 is 5.32 Å². The van der Waals surface area contributed by atoms with E-state index < -0.39 is 0 Å². The highest BCUT2D eigenvalue weighted by Gasteiger charge is 2.23. The first-order valence-corrected chi connectivity index (χ1v) is 8.49. The second kappa shape index (κ2) is 5.81. The summed E-state index contributed by atoms with van der Waals surface area (Å²) in [4.78, 5) is 4.34. The van der Waals surface area contributed by atoms with Gasteiger partial charge in [0.25, 0.3) is 0 Å². The average molecular weight is 414 g/mol. The summed E-state index contributed by atoms with van der Waals surface area (Å²) in [7, 11) is 0. The van der Waals surface area contributed by atoms with Gasteiger partial charge in [0.15, 0.2) is 0 Å². The smallest absolute Gasteiger partial charge is 0.226 e. The van der Waals surface area contributed by atoms with E-state index in [1.807, 2.05) is 4.68 Å². The molecule has 0 saturated carbocycles. The predicted molar refractivity (Wildman–Crippen MR) is 100 cm³/mol. The SMILES string of the molecule is Cc1ccc(C2C=C(c3ccc(I)cc3)Nc3ncnn32)cc1. The summed E-state index contributed by atoms with van der Waals surface area (Å²) in [6.07, 6.45) is 3.79. The Bertz CT molecular complexity index is 863. The molecule has 0 fully saturated rings. The van der Waals surface area contributed by atoms with E-state index in [1.54, 1.807) is 6.33 Å². The Balaban J connectivity index is 1.79. The molecule has 2 heterocycles. The molecule has 5 heteroatoms. The molecule has 4 nitrogen and oxygen atoms in total. The van der Waals surface area contributed by atoms with Crippen molar-refractivity contribution in [3.63, 3.8) is 0 Å². The average Bonchev–Trinajstić information content (AvgIpc) is 3.04. The number of nitrogens with one attached hydrogen (secondary N) is 1. The first-order chi connectivity index (χ1) is 11.2. The maximum atomic E-state index is 4.38. The zero-order chi connectivity index (χ0) is 15.8. The molecule has 1 aliphatic rings. The molecule has 0 aliphatic carbocycles. The van der Waals surface area contributed by atoms with Crippen molar-refractivity contribution in [2.24, 2.45) is 0 Å². The molecule has 1 N–H and O–H groups in total. The minimum absolute atomic E-state index is 0.0450. The van der Waals surface area contributed by atoms with Gasteiger partial charge in [0.05, 0.1) is 0 Å². The number of fused-ring (bicyclic) bond motifs is 1. The van der Waals surface area contributed by atoms with Crippen molar-refractivity contribution in [2.45, 2.75) is 13.0 Å². The number of aromatic nitrogens is 3. The second-order valence-electron chi connectivity index (χ2n) is 5.60. The van der Waals surface area contributed by atoms with Gasteiger partial charge in [-0.05, 0) is 58.9 Å². The van der Waals surface area contributed by atoms with Crippen molar-refractivity contribution in [3.8, 4) is 0 Å². The van der Waals surface area contributed by atoms with Crippen molar-refractivity contribution in [1.29, 1.82) is 0 Å². The molecule has 1 aromatic heterocycles. The third-order valence-corrected chi connectivity index (χ3v) is 4.70. The molecule has 0 saturated heterocycles. The molecular weight excluding hydrogens is 399 g/mol. The molecule has 4 rings (SSSR count). The van der Waals surface area contributed by atoms with Crippen LogP contribution in [0.15, 0.2) is 60.9 Å². The van der Waals surface area contributed by atoms with E-state index in [0.717, 1.165) is 17.2 Å². The molecule has 1 atom stereocenters. The van der Waals surface area contributed by atoms with Gasteiger partial charge >= 0.3 is 0 Å². The Morgan fingerprint density at radius 3 is 2.52 bits per heavy atom. The van der Waals surface area contributed by atoms with Crippen molar-refractivity contribution >= 4 is 34.2 Å². The minimum atomic E-state index is 0.0450. The lowest BCUT2D eigenvalue weighted by molar-refractivity contribution is 0.612. The summed E-state index contributed by atoms with van der Waals surface area (Å²) in [6, 6.07) is 17.1. The van der Waals surface area contributed by atoms with Crippen molar-refractivity contribution < 1.29 is 0 Å². The number of rotatable bonds is 2.